The molecule has 1 aliphatic rings. The molecule has 4 rings (SSSR count). The molecule has 11 heteroatoms. The third-order valence-electron chi connectivity index (χ3n) is 5.66. The van der Waals surface area contributed by atoms with Crippen LogP contribution in [0.15, 0.2) is 59.6 Å². The molecule has 180 valence electrons. The van der Waals surface area contributed by atoms with Gasteiger partial charge in [0.25, 0.3) is 0 Å². The second kappa shape index (κ2) is 10.6. The van der Waals surface area contributed by atoms with E-state index in [1.807, 2.05) is 35.1 Å². The first-order valence-electron chi connectivity index (χ1n) is 11.1. The van der Waals surface area contributed by atoms with Crippen LogP contribution in [0.1, 0.15) is 13.3 Å². The molecule has 34 heavy (non-hydrogen) atoms. The van der Waals surface area contributed by atoms with Gasteiger partial charge in [-0.2, -0.15) is 4.31 Å². The smallest absolute Gasteiger partial charge is 0.243 e. The van der Waals surface area contributed by atoms with E-state index in [0.29, 0.717) is 36.9 Å². The van der Waals surface area contributed by atoms with Gasteiger partial charge in [-0.3, -0.25) is 9.48 Å². The normalized spacial score (nSPS) is 15.4. The van der Waals surface area contributed by atoms with Crippen LogP contribution in [0.4, 0.5) is 5.69 Å². The van der Waals surface area contributed by atoms with Gasteiger partial charge in [-0.1, -0.05) is 28.9 Å². The molecule has 2 heterocycles. The van der Waals surface area contributed by atoms with Crippen LogP contribution in [-0.4, -0.2) is 71.2 Å². The number of anilines is 1. The molecular formula is C23H27ClN6O3S. The van der Waals surface area contributed by atoms with Crippen molar-refractivity contribution in [3.63, 3.8) is 0 Å². The van der Waals surface area contributed by atoms with Crippen LogP contribution >= 0.6 is 11.6 Å². The fraction of sp³-hybridized carbons (Fsp3) is 0.348. The van der Waals surface area contributed by atoms with Crippen molar-refractivity contribution in [3.8, 4) is 11.3 Å². The zero-order valence-electron chi connectivity index (χ0n) is 18.9. The quantitative estimate of drug-likeness (QED) is 0.508. The van der Waals surface area contributed by atoms with Crippen molar-refractivity contribution in [2.45, 2.75) is 24.8 Å². The van der Waals surface area contributed by atoms with Crippen molar-refractivity contribution >= 4 is 33.2 Å². The fourth-order valence-corrected chi connectivity index (χ4v) is 5.51. The highest BCUT2D eigenvalue weighted by Crippen LogP contribution is 2.21. The molecule has 1 N–H and O–H groups in total. The van der Waals surface area contributed by atoms with E-state index in [4.69, 9.17) is 11.6 Å². The zero-order chi connectivity index (χ0) is 24.1. The number of hydrogen-bond donors (Lipinski definition) is 1. The summed E-state index contributed by atoms with van der Waals surface area (Å²) in [5, 5.41) is 11.7. The largest absolute Gasteiger partial charge is 0.326 e. The molecule has 1 amide bonds. The van der Waals surface area contributed by atoms with Gasteiger partial charge in [0.1, 0.15) is 5.69 Å². The van der Waals surface area contributed by atoms with E-state index in [-0.39, 0.29) is 10.8 Å². The van der Waals surface area contributed by atoms with Gasteiger partial charge >= 0.3 is 0 Å². The Bertz CT molecular complexity index is 1240. The summed E-state index contributed by atoms with van der Waals surface area (Å²) in [7, 11) is -3.56. The molecule has 1 aliphatic heterocycles. The van der Waals surface area contributed by atoms with Gasteiger partial charge in [0.2, 0.25) is 15.9 Å². The van der Waals surface area contributed by atoms with Gasteiger partial charge in [-0.25, -0.2) is 8.42 Å². The lowest BCUT2D eigenvalue weighted by molar-refractivity contribution is -0.114. The molecule has 3 aromatic rings. The van der Waals surface area contributed by atoms with E-state index in [9.17, 15) is 13.2 Å². The Morgan fingerprint density at radius 2 is 1.79 bits per heavy atom. The van der Waals surface area contributed by atoms with E-state index in [1.165, 1.54) is 23.4 Å². The number of amides is 1. The molecule has 0 bridgehead atoms. The highest BCUT2D eigenvalue weighted by atomic mass is 35.5. The number of nitrogens with zero attached hydrogens (tertiary/aromatic N) is 5. The SMILES string of the molecule is CC(=O)Nc1ccc(S(=O)(=O)N2CCN(CCCn3cc(-c4cccc(Cl)c4)nn3)CC2)cc1. The van der Waals surface area contributed by atoms with Crippen molar-refractivity contribution in [2.75, 3.05) is 38.0 Å². The van der Waals surface area contributed by atoms with Gasteiger partial charge < -0.3 is 10.2 Å². The first kappa shape index (κ1) is 24.3. The second-order valence-corrected chi connectivity index (χ2v) is 10.6. The summed E-state index contributed by atoms with van der Waals surface area (Å²) in [6.07, 6.45) is 2.79. The predicted molar refractivity (Wildman–Crippen MR) is 131 cm³/mol. The lowest BCUT2D eigenvalue weighted by Crippen LogP contribution is -2.48. The van der Waals surface area contributed by atoms with Crippen molar-refractivity contribution in [2.24, 2.45) is 0 Å². The van der Waals surface area contributed by atoms with Crippen LogP contribution in [0.2, 0.25) is 5.02 Å². The summed E-state index contributed by atoms with van der Waals surface area (Å²) in [5.41, 5.74) is 2.29. The minimum Gasteiger partial charge on any atom is -0.326 e. The number of nitrogens with one attached hydrogen (secondary N) is 1. The average molecular weight is 503 g/mol. The third-order valence-corrected chi connectivity index (χ3v) is 7.81. The number of sulfonamides is 1. The Hall–Kier alpha value is -2.79. The van der Waals surface area contributed by atoms with Gasteiger partial charge in [-0.15, -0.1) is 5.10 Å². The molecule has 0 saturated carbocycles. The third kappa shape index (κ3) is 6.01. The molecule has 1 fully saturated rings. The van der Waals surface area contributed by atoms with Crippen LogP contribution in [0.3, 0.4) is 0 Å². The number of carbonyl (C=O) groups is 1. The minimum atomic E-state index is -3.56. The number of carbonyl (C=O) groups excluding carboxylic acids is 1. The Morgan fingerprint density at radius 3 is 2.47 bits per heavy atom. The topological polar surface area (TPSA) is 100 Å². The minimum absolute atomic E-state index is 0.197. The van der Waals surface area contributed by atoms with Gasteiger partial charge in [0.05, 0.1) is 11.1 Å². The maximum atomic E-state index is 13.0. The molecule has 1 aromatic heterocycles. The van der Waals surface area contributed by atoms with E-state index in [1.54, 1.807) is 12.1 Å². The van der Waals surface area contributed by atoms with Crippen molar-refractivity contribution in [1.29, 1.82) is 0 Å². The maximum Gasteiger partial charge on any atom is 0.243 e. The number of aryl methyl sites for hydroxylation is 1. The lowest BCUT2D eigenvalue weighted by Gasteiger charge is -2.34. The Balaban J connectivity index is 1.24. The van der Waals surface area contributed by atoms with E-state index >= 15 is 0 Å². The van der Waals surface area contributed by atoms with Crippen molar-refractivity contribution in [1.82, 2.24) is 24.2 Å². The number of halogens is 1. The van der Waals surface area contributed by atoms with Crippen molar-refractivity contribution < 1.29 is 13.2 Å². The number of aromatic nitrogens is 3. The number of rotatable bonds is 8. The van der Waals surface area contributed by atoms with Crippen LogP contribution in [0.5, 0.6) is 0 Å². The Kier molecular flexibility index (Phi) is 7.62. The lowest BCUT2D eigenvalue weighted by atomic mass is 10.2. The molecule has 9 nitrogen and oxygen atoms in total. The highest BCUT2D eigenvalue weighted by Gasteiger charge is 2.28. The summed E-state index contributed by atoms with van der Waals surface area (Å²) in [6.45, 7) is 5.23. The zero-order valence-corrected chi connectivity index (χ0v) is 20.5. The van der Waals surface area contributed by atoms with Crippen LogP contribution in [0.25, 0.3) is 11.3 Å². The van der Waals surface area contributed by atoms with E-state index in [0.717, 1.165) is 30.8 Å². The molecule has 0 unspecified atom stereocenters. The fourth-order valence-electron chi connectivity index (χ4n) is 3.90. The van der Waals surface area contributed by atoms with Gasteiger partial charge in [0, 0.05) is 62.5 Å². The molecule has 2 aromatic carbocycles. The molecule has 0 spiro atoms. The van der Waals surface area contributed by atoms with Crippen LogP contribution in [0, 0.1) is 0 Å². The summed E-state index contributed by atoms with van der Waals surface area (Å²) in [6, 6.07) is 13.8. The summed E-state index contributed by atoms with van der Waals surface area (Å²) >= 11 is 6.05. The Morgan fingerprint density at radius 1 is 1.06 bits per heavy atom. The van der Waals surface area contributed by atoms with Gasteiger partial charge in [-0.05, 0) is 42.8 Å². The molecular weight excluding hydrogens is 476 g/mol. The number of piperazine rings is 1. The maximum absolute atomic E-state index is 13.0. The number of benzene rings is 2. The van der Waals surface area contributed by atoms with Crippen LogP contribution < -0.4 is 5.32 Å². The van der Waals surface area contributed by atoms with Crippen LogP contribution in [-0.2, 0) is 21.4 Å². The molecule has 0 radical (unpaired) electrons. The standard InChI is InChI=1S/C23H27ClN6O3S/c1-18(31)25-21-6-8-22(9-7-21)34(32,33)30-14-12-28(13-15-30)10-3-11-29-17-23(26-27-29)19-4-2-5-20(24)16-19/h2,4-9,16-17H,3,10-15H2,1H3,(H,25,31). The van der Waals surface area contributed by atoms with Crippen molar-refractivity contribution in [3.05, 3.63) is 59.8 Å². The highest BCUT2D eigenvalue weighted by molar-refractivity contribution is 7.89. The monoisotopic (exact) mass is 502 g/mol. The molecule has 0 atom stereocenters. The average Bonchev–Trinajstić information content (AvgIpc) is 3.28. The summed E-state index contributed by atoms with van der Waals surface area (Å²) < 4.78 is 29.3. The molecule has 0 aliphatic carbocycles. The summed E-state index contributed by atoms with van der Waals surface area (Å²) in [4.78, 5) is 13.6. The second-order valence-electron chi connectivity index (χ2n) is 8.18. The Labute approximate surface area is 204 Å². The van der Waals surface area contributed by atoms with E-state index in [2.05, 4.69) is 20.5 Å². The predicted octanol–water partition coefficient (Wildman–Crippen LogP) is 2.95. The number of hydrogen-bond acceptors (Lipinski definition) is 6. The molecule has 1 saturated heterocycles. The first-order chi connectivity index (χ1) is 16.3. The van der Waals surface area contributed by atoms with E-state index < -0.39 is 10.0 Å². The van der Waals surface area contributed by atoms with Gasteiger partial charge in [0.15, 0.2) is 0 Å². The summed E-state index contributed by atoms with van der Waals surface area (Å²) in [5.74, 6) is -0.197. The first-order valence-corrected chi connectivity index (χ1v) is 12.9.